The zero-order valence-corrected chi connectivity index (χ0v) is 11.7. The van der Waals surface area contributed by atoms with Crippen LogP contribution in [0.25, 0.3) is 0 Å². The number of hydrogen-bond acceptors (Lipinski definition) is 3. The molecule has 0 heterocycles. The first-order valence-corrected chi connectivity index (χ1v) is 6.42. The van der Waals surface area contributed by atoms with Gasteiger partial charge < -0.3 is 0 Å². The number of carbonyl (C=O) groups excluding carboxylic acids is 1. The zero-order chi connectivity index (χ0) is 14.4. The minimum absolute atomic E-state index is 0.345. The topological polar surface area (TPSA) is 50.7 Å². The number of nitrogens with one attached hydrogen (secondary N) is 1. The smallest absolute Gasteiger partial charge is 0.298 e. The second kappa shape index (κ2) is 6.93. The Morgan fingerprint density at radius 3 is 2.55 bits per heavy atom. The summed E-state index contributed by atoms with van der Waals surface area (Å²) < 4.78 is 0. The monoisotopic (exact) mass is 308 g/mol. The van der Waals surface area contributed by atoms with Gasteiger partial charge in [-0.3, -0.25) is 10.2 Å². The molecule has 0 atom stereocenters. The van der Waals surface area contributed by atoms with E-state index in [2.05, 4.69) is 15.3 Å². The highest BCUT2D eigenvalue weighted by molar-refractivity contribution is 6.42. The molecule has 0 fully saturated rings. The summed E-state index contributed by atoms with van der Waals surface area (Å²) in [5, 5.41) is 6.81. The SMILES string of the molecule is O=C(Nc1ccc(Cl)c(Cl)c1)ON=Cc1ccccc1. The Morgan fingerprint density at radius 2 is 1.85 bits per heavy atom. The van der Waals surface area contributed by atoms with Crippen LogP contribution in [-0.4, -0.2) is 12.3 Å². The van der Waals surface area contributed by atoms with Gasteiger partial charge in [-0.15, -0.1) is 0 Å². The Labute approximate surface area is 125 Å². The summed E-state index contributed by atoms with van der Waals surface area (Å²) in [6.45, 7) is 0. The maximum Gasteiger partial charge on any atom is 0.437 e. The molecule has 102 valence electrons. The van der Waals surface area contributed by atoms with E-state index >= 15 is 0 Å². The lowest BCUT2D eigenvalue weighted by Gasteiger charge is -2.03. The molecule has 0 aliphatic heterocycles. The molecule has 0 aliphatic rings. The summed E-state index contributed by atoms with van der Waals surface area (Å²) in [4.78, 5) is 16.1. The summed E-state index contributed by atoms with van der Waals surface area (Å²) in [7, 11) is 0. The van der Waals surface area contributed by atoms with E-state index < -0.39 is 6.09 Å². The van der Waals surface area contributed by atoms with E-state index in [4.69, 9.17) is 23.2 Å². The van der Waals surface area contributed by atoms with Crippen molar-refractivity contribution in [1.82, 2.24) is 0 Å². The van der Waals surface area contributed by atoms with Crippen molar-refractivity contribution in [1.29, 1.82) is 0 Å². The summed E-state index contributed by atoms with van der Waals surface area (Å²) in [5.74, 6) is 0. The third-order valence-corrected chi connectivity index (χ3v) is 3.04. The summed E-state index contributed by atoms with van der Waals surface area (Å²) >= 11 is 11.6. The number of anilines is 1. The highest BCUT2D eigenvalue weighted by Crippen LogP contribution is 2.24. The average molecular weight is 309 g/mol. The van der Waals surface area contributed by atoms with Crippen LogP contribution in [0.2, 0.25) is 10.0 Å². The van der Waals surface area contributed by atoms with E-state index in [1.54, 1.807) is 12.1 Å². The Morgan fingerprint density at radius 1 is 1.10 bits per heavy atom. The minimum Gasteiger partial charge on any atom is -0.298 e. The first-order chi connectivity index (χ1) is 9.65. The van der Waals surface area contributed by atoms with Gasteiger partial charge in [-0.05, 0) is 23.8 Å². The van der Waals surface area contributed by atoms with Gasteiger partial charge in [0.1, 0.15) is 0 Å². The van der Waals surface area contributed by atoms with Gasteiger partial charge in [0.05, 0.1) is 16.3 Å². The molecule has 0 unspecified atom stereocenters. The predicted octanol–water partition coefficient (Wildman–Crippen LogP) is 4.58. The van der Waals surface area contributed by atoms with Crippen LogP contribution in [0.5, 0.6) is 0 Å². The lowest BCUT2D eigenvalue weighted by molar-refractivity contribution is 0.167. The Kier molecular flexibility index (Phi) is 4.98. The van der Waals surface area contributed by atoms with Gasteiger partial charge in [0, 0.05) is 5.69 Å². The maximum atomic E-state index is 11.5. The molecule has 0 radical (unpaired) electrons. The molecule has 2 rings (SSSR count). The summed E-state index contributed by atoms with van der Waals surface area (Å²) in [5.41, 5.74) is 1.30. The standard InChI is InChI=1S/C14H10Cl2N2O2/c15-12-7-6-11(8-13(12)16)18-14(19)20-17-9-10-4-2-1-3-5-10/h1-9H,(H,18,19). The third-order valence-electron chi connectivity index (χ3n) is 2.30. The number of hydrogen-bond donors (Lipinski definition) is 1. The van der Waals surface area contributed by atoms with E-state index in [0.29, 0.717) is 15.7 Å². The van der Waals surface area contributed by atoms with Gasteiger partial charge >= 0.3 is 6.09 Å². The van der Waals surface area contributed by atoms with Crippen LogP contribution in [-0.2, 0) is 4.84 Å². The van der Waals surface area contributed by atoms with Crippen LogP contribution < -0.4 is 5.32 Å². The fourth-order valence-electron chi connectivity index (χ4n) is 1.39. The van der Waals surface area contributed by atoms with Crippen molar-refractivity contribution in [2.45, 2.75) is 0 Å². The number of halogens is 2. The average Bonchev–Trinajstić information content (AvgIpc) is 2.44. The molecule has 20 heavy (non-hydrogen) atoms. The third kappa shape index (κ3) is 4.26. The van der Waals surface area contributed by atoms with Gasteiger partial charge in [-0.25, -0.2) is 4.79 Å². The van der Waals surface area contributed by atoms with E-state index in [0.717, 1.165) is 5.56 Å². The number of nitrogens with zero attached hydrogens (tertiary/aromatic N) is 1. The molecule has 6 heteroatoms. The van der Waals surface area contributed by atoms with Crippen molar-refractivity contribution >= 4 is 41.2 Å². The minimum atomic E-state index is -0.712. The largest absolute Gasteiger partial charge is 0.437 e. The van der Waals surface area contributed by atoms with Gasteiger partial charge in [0.2, 0.25) is 0 Å². The van der Waals surface area contributed by atoms with Crippen molar-refractivity contribution in [3.05, 3.63) is 64.1 Å². The van der Waals surface area contributed by atoms with Crippen molar-refractivity contribution < 1.29 is 9.63 Å². The van der Waals surface area contributed by atoms with Gasteiger partial charge in [-0.1, -0.05) is 58.7 Å². The van der Waals surface area contributed by atoms with Crippen LogP contribution >= 0.6 is 23.2 Å². The Bertz CT molecular complexity index is 630. The lowest BCUT2D eigenvalue weighted by Crippen LogP contribution is -2.10. The number of amides is 1. The molecule has 0 aliphatic carbocycles. The van der Waals surface area contributed by atoms with E-state index in [1.807, 2.05) is 30.3 Å². The van der Waals surface area contributed by atoms with Crippen LogP contribution in [0.15, 0.2) is 53.7 Å². The molecule has 2 aromatic carbocycles. The fraction of sp³-hybridized carbons (Fsp3) is 0. The van der Waals surface area contributed by atoms with Gasteiger partial charge in [0.25, 0.3) is 0 Å². The molecular formula is C14H10Cl2N2O2. The van der Waals surface area contributed by atoms with Crippen LogP contribution in [0.3, 0.4) is 0 Å². The molecule has 1 amide bonds. The van der Waals surface area contributed by atoms with E-state index in [1.165, 1.54) is 12.3 Å². The second-order valence-corrected chi connectivity index (χ2v) is 4.59. The molecule has 0 spiro atoms. The van der Waals surface area contributed by atoms with Crippen LogP contribution in [0.1, 0.15) is 5.56 Å². The number of rotatable bonds is 3. The normalized spacial score (nSPS) is 10.5. The number of carbonyl (C=O) groups is 1. The Balaban J connectivity index is 1.89. The predicted molar refractivity (Wildman–Crippen MR) is 80.6 cm³/mol. The maximum absolute atomic E-state index is 11.5. The molecule has 0 aromatic heterocycles. The molecule has 0 saturated heterocycles. The van der Waals surface area contributed by atoms with E-state index in [9.17, 15) is 4.79 Å². The molecule has 0 bridgehead atoms. The molecule has 2 aromatic rings. The number of benzene rings is 2. The molecule has 4 nitrogen and oxygen atoms in total. The highest BCUT2D eigenvalue weighted by atomic mass is 35.5. The van der Waals surface area contributed by atoms with E-state index in [-0.39, 0.29) is 0 Å². The second-order valence-electron chi connectivity index (χ2n) is 3.78. The fourth-order valence-corrected chi connectivity index (χ4v) is 1.69. The van der Waals surface area contributed by atoms with Gasteiger partial charge in [0.15, 0.2) is 0 Å². The summed E-state index contributed by atoms with van der Waals surface area (Å²) in [6.07, 6.45) is 0.726. The van der Waals surface area contributed by atoms with Crippen molar-refractivity contribution in [2.75, 3.05) is 5.32 Å². The zero-order valence-electron chi connectivity index (χ0n) is 10.2. The first-order valence-electron chi connectivity index (χ1n) is 5.66. The summed E-state index contributed by atoms with van der Waals surface area (Å²) in [6, 6.07) is 14.0. The number of oxime groups is 1. The Hall–Kier alpha value is -2.04. The molecule has 0 saturated carbocycles. The van der Waals surface area contributed by atoms with Gasteiger partial charge in [-0.2, -0.15) is 0 Å². The molecular weight excluding hydrogens is 299 g/mol. The van der Waals surface area contributed by atoms with Crippen LogP contribution in [0.4, 0.5) is 10.5 Å². The van der Waals surface area contributed by atoms with Crippen molar-refractivity contribution in [3.63, 3.8) is 0 Å². The lowest BCUT2D eigenvalue weighted by atomic mass is 10.2. The van der Waals surface area contributed by atoms with Crippen molar-refractivity contribution in [2.24, 2.45) is 5.16 Å². The molecule has 1 N–H and O–H groups in total. The quantitative estimate of drug-likeness (QED) is 0.513. The highest BCUT2D eigenvalue weighted by Gasteiger charge is 2.04. The first kappa shape index (κ1) is 14.4. The van der Waals surface area contributed by atoms with Crippen LogP contribution in [0, 0.1) is 0 Å². The van der Waals surface area contributed by atoms with Crippen molar-refractivity contribution in [3.8, 4) is 0 Å².